The van der Waals surface area contributed by atoms with Crippen LogP contribution in [0.1, 0.15) is 48.4 Å². The van der Waals surface area contributed by atoms with Crippen LogP contribution in [0.15, 0.2) is 77.3 Å². The maximum Gasteiger partial charge on any atom is 0.470 e. The van der Waals surface area contributed by atoms with E-state index < -0.39 is 12.1 Å². The Morgan fingerprint density at radius 3 is 2.25 bits per heavy atom. The van der Waals surface area contributed by atoms with Gasteiger partial charge in [0.15, 0.2) is 0 Å². The molecule has 4 aromatic rings. The van der Waals surface area contributed by atoms with E-state index in [1.54, 1.807) is 18.3 Å². The number of nitrogens with zero attached hydrogens (tertiary/aromatic N) is 3. The number of alkyl halides is 3. The minimum absolute atomic E-state index is 0.132. The lowest BCUT2D eigenvalue weighted by molar-refractivity contribution is -0.156. The summed E-state index contributed by atoms with van der Waals surface area (Å²) in [6.07, 6.45) is 1.76. The van der Waals surface area contributed by atoms with Crippen LogP contribution in [-0.4, -0.2) is 15.2 Å². The third-order valence-corrected chi connectivity index (χ3v) is 7.65. The number of pyridine rings is 1. The molecule has 36 heavy (non-hydrogen) atoms. The maximum absolute atomic E-state index is 12.9. The van der Waals surface area contributed by atoms with Crippen LogP contribution in [0, 0.1) is 11.8 Å². The van der Waals surface area contributed by atoms with Gasteiger partial charge in [0.05, 0.1) is 5.69 Å². The van der Waals surface area contributed by atoms with Crippen molar-refractivity contribution < 1.29 is 22.3 Å². The molecule has 0 radical (unpaired) electrons. The Bertz CT molecular complexity index is 1340. The minimum atomic E-state index is -4.66. The molecule has 2 bridgehead atoms. The van der Waals surface area contributed by atoms with Crippen LogP contribution >= 0.6 is 0 Å². The van der Waals surface area contributed by atoms with Gasteiger partial charge >= 0.3 is 12.1 Å². The molecule has 5 nitrogen and oxygen atoms in total. The van der Waals surface area contributed by atoms with E-state index in [4.69, 9.17) is 9.15 Å². The predicted octanol–water partition coefficient (Wildman–Crippen LogP) is 6.84. The number of hydrogen-bond donors (Lipinski definition) is 0. The highest BCUT2D eigenvalue weighted by molar-refractivity contribution is 5.55. The summed E-state index contributed by atoms with van der Waals surface area (Å²) in [6.45, 7) is 0.406. The van der Waals surface area contributed by atoms with E-state index in [1.165, 1.54) is 24.8 Å². The fourth-order valence-electron chi connectivity index (χ4n) is 6.06. The number of halogens is 3. The van der Waals surface area contributed by atoms with Crippen LogP contribution in [0.4, 0.5) is 13.2 Å². The number of aromatic nitrogens is 3. The minimum Gasteiger partial charge on any atom is -0.487 e. The van der Waals surface area contributed by atoms with E-state index in [1.807, 2.05) is 42.5 Å². The Morgan fingerprint density at radius 2 is 1.67 bits per heavy atom. The van der Waals surface area contributed by atoms with E-state index in [2.05, 4.69) is 27.3 Å². The molecule has 0 saturated heterocycles. The SMILES string of the molecule is FC(F)(F)c1nnc(-c2ccc(C3(c4ccc(OCc5ccccn5)cc4)CC4CCC3C4)cc2)o1. The van der Waals surface area contributed by atoms with Gasteiger partial charge in [0, 0.05) is 17.2 Å². The molecule has 2 aliphatic rings. The molecule has 2 aromatic carbocycles. The van der Waals surface area contributed by atoms with Crippen molar-refractivity contribution in [3.05, 3.63) is 95.6 Å². The normalized spacial score (nSPS) is 23.2. The molecule has 2 fully saturated rings. The quantitative estimate of drug-likeness (QED) is 0.296. The van der Waals surface area contributed by atoms with Gasteiger partial charge in [-0.1, -0.05) is 36.8 Å². The largest absolute Gasteiger partial charge is 0.487 e. The smallest absolute Gasteiger partial charge is 0.470 e. The second kappa shape index (κ2) is 8.76. The molecule has 8 heteroatoms. The second-order valence-corrected chi connectivity index (χ2v) is 9.67. The number of benzene rings is 2. The van der Waals surface area contributed by atoms with Crippen LogP contribution in [0.3, 0.4) is 0 Å². The third-order valence-electron chi connectivity index (χ3n) is 7.65. The lowest BCUT2D eigenvalue weighted by atomic mass is 9.64. The lowest BCUT2D eigenvalue weighted by Gasteiger charge is -2.39. The molecule has 2 heterocycles. The first-order valence-electron chi connectivity index (χ1n) is 12.1. The fraction of sp³-hybridized carbons (Fsp3) is 0.321. The standard InChI is InChI=1S/C28H24F3N3O2/c29-28(30,31)26-34-33-25(36-26)19-5-8-20(9-6-19)27(16-18-4-7-22(27)15-18)21-10-12-24(13-11-21)35-17-23-3-1-2-14-32-23/h1-3,5-6,8-14,18,22H,4,7,15-17H2. The molecule has 3 atom stereocenters. The second-order valence-electron chi connectivity index (χ2n) is 9.67. The van der Waals surface area contributed by atoms with Crippen molar-refractivity contribution in [2.45, 2.75) is 43.9 Å². The van der Waals surface area contributed by atoms with Crippen LogP contribution in [0.2, 0.25) is 0 Å². The summed E-state index contributed by atoms with van der Waals surface area (Å²) in [7, 11) is 0. The van der Waals surface area contributed by atoms with E-state index in [9.17, 15) is 13.2 Å². The zero-order valence-electron chi connectivity index (χ0n) is 19.4. The number of rotatable bonds is 6. The topological polar surface area (TPSA) is 61.0 Å². The predicted molar refractivity (Wildman–Crippen MR) is 126 cm³/mol. The summed E-state index contributed by atoms with van der Waals surface area (Å²) >= 11 is 0. The highest BCUT2D eigenvalue weighted by Crippen LogP contribution is 2.60. The average molecular weight is 492 g/mol. The molecule has 0 amide bonds. The van der Waals surface area contributed by atoms with E-state index in [0.717, 1.165) is 23.4 Å². The highest BCUT2D eigenvalue weighted by Gasteiger charge is 2.52. The fourth-order valence-corrected chi connectivity index (χ4v) is 6.06. The molecular weight excluding hydrogens is 467 g/mol. The first kappa shape index (κ1) is 22.8. The Balaban J connectivity index is 1.27. The van der Waals surface area contributed by atoms with Crippen molar-refractivity contribution in [2.24, 2.45) is 11.8 Å². The van der Waals surface area contributed by atoms with Gasteiger partial charge in [-0.3, -0.25) is 4.98 Å². The van der Waals surface area contributed by atoms with E-state index in [-0.39, 0.29) is 11.3 Å². The van der Waals surface area contributed by atoms with Crippen molar-refractivity contribution in [3.63, 3.8) is 0 Å². The van der Waals surface area contributed by atoms with Crippen LogP contribution < -0.4 is 4.74 Å². The molecule has 6 rings (SSSR count). The molecule has 2 aromatic heterocycles. The molecule has 2 saturated carbocycles. The van der Waals surface area contributed by atoms with Crippen LogP contribution in [-0.2, 0) is 18.2 Å². The van der Waals surface area contributed by atoms with E-state index >= 15 is 0 Å². The Hall–Kier alpha value is -3.68. The monoisotopic (exact) mass is 491 g/mol. The van der Waals surface area contributed by atoms with Crippen LogP contribution in [0.25, 0.3) is 11.5 Å². The summed E-state index contributed by atoms with van der Waals surface area (Å²) in [5.41, 5.74) is 3.61. The maximum atomic E-state index is 12.9. The van der Waals surface area contributed by atoms with Gasteiger partial charge in [0.25, 0.3) is 0 Å². The van der Waals surface area contributed by atoms with Gasteiger partial charge in [-0.25, -0.2) is 0 Å². The molecular formula is C28H24F3N3O2. The zero-order valence-corrected chi connectivity index (χ0v) is 19.4. The van der Waals surface area contributed by atoms with Crippen molar-refractivity contribution >= 4 is 0 Å². The molecule has 0 spiro atoms. The summed E-state index contributed by atoms with van der Waals surface area (Å²) < 4.78 is 49.4. The number of fused-ring (bicyclic) bond motifs is 2. The van der Waals surface area contributed by atoms with Gasteiger partial charge in [0.2, 0.25) is 5.89 Å². The molecule has 3 unspecified atom stereocenters. The number of ether oxygens (including phenoxy) is 1. The summed E-state index contributed by atoms with van der Waals surface area (Å²) in [5, 5.41) is 6.73. The van der Waals surface area contributed by atoms with Crippen molar-refractivity contribution in [1.82, 2.24) is 15.2 Å². The zero-order chi connectivity index (χ0) is 24.8. The summed E-state index contributed by atoms with van der Waals surface area (Å²) in [6, 6.07) is 21.6. The number of hydrogen-bond acceptors (Lipinski definition) is 5. The molecule has 0 N–H and O–H groups in total. The van der Waals surface area contributed by atoms with Gasteiger partial charge in [-0.05, 0) is 78.6 Å². The molecule has 184 valence electrons. The lowest BCUT2D eigenvalue weighted by Crippen LogP contribution is -2.34. The first-order valence-corrected chi connectivity index (χ1v) is 12.1. The van der Waals surface area contributed by atoms with Crippen LogP contribution in [0.5, 0.6) is 5.75 Å². The third kappa shape index (κ3) is 4.04. The summed E-state index contributed by atoms with van der Waals surface area (Å²) in [4.78, 5) is 4.30. The first-order chi connectivity index (χ1) is 17.4. The highest BCUT2D eigenvalue weighted by atomic mass is 19.4. The Morgan fingerprint density at radius 1 is 0.917 bits per heavy atom. The Labute approximate surface area is 206 Å². The van der Waals surface area contributed by atoms with Crippen molar-refractivity contribution in [1.29, 1.82) is 0 Å². The Kier molecular flexibility index (Phi) is 5.54. The van der Waals surface area contributed by atoms with Gasteiger partial charge in [-0.15, -0.1) is 10.2 Å². The molecule has 2 aliphatic carbocycles. The van der Waals surface area contributed by atoms with Gasteiger partial charge < -0.3 is 9.15 Å². The average Bonchev–Trinajstić information content (AvgIpc) is 3.65. The van der Waals surface area contributed by atoms with Gasteiger partial charge in [0.1, 0.15) is 12.4 Å². The van der Waals surface area contributed by atoms with Gasteiger partial charge in [-0.2, -0.15) is 13.2 Å². The molecule has 0 aliphatic heterocycles. The summed E-state index contributed by atoms with van der Waals surface area (Å²) in [5.74, 6) is 0.519. The van der Waals surface area contributed by atoms with Crippen molar-refractivity contribution in [3.8, 4) is 17.2 Å². The van der Waals surface area contributed by atoms with E-state index in [0.29, 0.717) is 24.0 Å². The van der Waals surface area contributed by atoms with Crippen molar-refractivity contribution in [2.75, 3.05) is 0 Å².